The van der Waals surface area contributed by atoms with Crippen LogP contribution in [0.25, 0.3) is 11.0 Å². The van der Waals surface area contributed by atoms with E-state index in [1.54, 1.807) is 43.3 Å². The van der Waals surface area contributed by atoms with Crippen molar-refractivity contribution in [3.8, 4) is 0 Å². The number of anilines is 4. The van der Waals surface area contributed by atoms with Crippen LogP contribution in [0.1, 0.15) is 21.5 Å². The van der Waals surface area contributed by atoms with Gasteiger partial charge in [-0.05, 0) is 55.0 Å². The fraction of sp³-hybridized carbons (Fsp3) is 0.0769. The summed E-state index contributed by atoms with van der Waals surface area (Å²) in [4.78, 5) is 27.2. The number of nitrogens with zero attached hydrogens (tertiary/aromatic N) is 5. The van der Waals surface area contributed by atoms with Crippen molar-refractivity contribution in [2.24, 2.45) is 0 Å². The van der Waals surface area contributed by atoms with E-state index in [1.807, 2.05) is 0 Å². The second kappa shape index (κ2) is 9.75. The van der Waals surface area contributed by atoms with Gasteiger partial charge in [-0.3, -0.25) is 9.69 Å². The Kier molecular flexibility index (Phi) is 6.45. The van der Waals surface area contributed by atoms with Crippen molar-refractivity contribution in [1.29, 1.82) is 0 Å². The summed E-state index contributed by atoms with van der Waals surface area (Å²) in [7, 11) is 0. The number of carbonyl (C=O) groups excluding carboxylic acids is 1. The van der Waals surface area contributed by atoms with Crippen LogP contribution in [0.15, 0.2) is 79.1 Å². The van der Waals surface area contributed by atoms with Crippen LogP contribution in [0, 0.1) is 6.92 Å². The highest BCUT2D eigenvalue weighted by molar-refractivity contribution is 6.29. The van der Waals surface area contributed by atoms with Gasteiger partial charge in [-0.2, -0.15) is 13.2 Å². The molecule has 0 aliphatic carbocycles. The van der Waals surface area contributed by atoms with Gasteiger partial charge in [-0.1, -0.05) is 40.3 Å². The predicted octanol–water partition coefficient (Wildman–Crippen LogP) is 7.26. The van der Waals surface area contributed by atoms with Crippen molar-refractivity contribution < 1.29 is 22.4 Å². The van der Waals surface area contributed by atoms with Gasteiger partial charge >= 0.3 is 6.18 Å². The molecule has 5 rings (SSSR count). The predicted molar refractivity (Wildman–Crippen MR) is 136 cm³/mol. The lowest BCUT2D eigenvalue weighted by atomic mass is 10.1. The number of nitrogens with one attached hydrogen (secondary N) is 1. The van der Waals surface area contributed by atoms with Gasteiger partial charge in [0.05, 0.1) is 16.8 Å². The molecule has 2 aromatic heterocycles. The molecule has 1 amide bonds. The van der Waals surface area contributed by atoms with Crippen molar-refractivity contribution in [1.82, 2.24) is 19.7 Å². The Morgan fingerprint density at radius 2 is 1.79 bits per heavy atom. The molecule has 3 aromatic carbocycles. The summed E-state index contributed by atoms with van der Waals surface area (Å²) in [6.07, 6.45) is -3.38. The Morgan fingerprint density at radius 1 is 1.00 bits per heavy atom. The van der Waals surface area contributed by atoms with Crippen molar-refractivity contribution in [3.05, 3.63) is 101 Å². The molecule has 0 spiro atoms. The first-order valence-corrected chi connectivity index (χ1v) is 11.5. The molecule has 7 nitrogen and oxygen atoms in total. The van der Waals surface area contributed by atoms with E-state index >= 15 is 4.48 Å². The summed E-state index contributed by atoms with van der Waals surface area (Å²) in [5.41, 5.74) is 0.788. The van der Waals surface area contributed by atoms with Gasteiger partial charge in [0.2, 0.25) is 5.95 Å². The van der Waals surface area contributed by atoms with Gasteiger partial charge in [-0.25, -0.2) is 15.0 Å². The second-order valence-corrected chi connectivity index (χ2v) is 8.64. The molecule has 2 heterocycles. The number of alkyl halides is 3. The van der Waals surface area contributed by atoms with Crippen LogP contribution in [-0.2, 0) is 6.18 Å². The minimum absolute atomic E-state index is 0.105. The van der Waals surface area contributed by atoms with Crippen molar-refractivity contribution in [2.75, 3.05) is 10.2 Å². The van der Waals surface area contributed by atoms with Crippen LogP contribution in [-0.4, -0.2) is 25.6 Å². The highest BCUT2D eigenvalue weighted by Gasteiger charge is 2.31. The first kappa shape index (κ1) is 25.2. The monoisotopic (exact) mass is 540 g/mol. The number of halogens is 5. The quantitative estimate of drug-likeness (QED) is 0.187. The number of hydrogen-bond donors (Lipinski definition) is 1. The number of carbonyl (C=O) groups is 1. The Hall–Kier alpha value is -4.51. The van der Waals surface area contributed by atoms with Crippen LogP contribution in [0.4, 0.5) is 40.8 Å². The normalized spacial score (nSPS) is 11.5. The lowest BCUT2D eigenvalue weighted by Crippen LogP contribution is -2.18. The summed E-state index contributed by atoms with van der Waals surface area (Å²) in [6, 6.07) is 16.9. The molecule has 0 unspecified atom stereocenters. The summed E-state index contributed by atoms with van der Waals surface area (Å²) in [6.45, 7) is 1.76. The van der Waals surface area contributed by atoms with E-state index in [2.05, 4.69) is 20.3 Å². The van der Waals surface area contributed by atoms with Gasteiger partial charge in [0.15, 0.2) is 0 Å². The van der Waals surface area contributed by atoms with E-state index in [1.165, 1.54) is 29.4 Å². The average molecular weight is 541 g/mol. The van der Waals surface area contributed by atoms with Gasteiger partial charge < -0.3 is 5.32 Å². The number of aromatic nitrogens is 4. The third-order valence-corrected chi connectivity index (χ3v) is 5.90. The summed E-state index contributed by atoms with van der Waals surface area (Å²) >= 11 is 6.10. The molecular formula is C26H17ClF4N6O. The Labute approximate surface area is 218 Å². The summed E-state index contributed by atoms with van der Waals surface area (Å²) < 4.78 is 54.9. The molecule has 0 saturated heterocycles. The average Bonchev–Trinajstić information content (AvgIpc) is 3.22. The number of fused-ring (bicyclic) bond motifs is 1. The van der Waals surface area contributed by atoms with E-state index in [0.29, 0.717) is 21.6 Å². The molecular weight excluding hydrogens is 524 g/mol. The van der Waals surface area contributed by atoms with Crippen molar-refractivity contribution in [2.45, 2.75) is 13.1 Å². The fourth-order valence-corrected chi connectivity index (χ4v) is 4.01. The van der Waals surface area contributed by atoms with Gasteiger partial charge in [0, 0.05) is 17.3 Å². The molecule has 0 aliphatic heterocycles. The first-order chi connectivity index (χ1) is 18.1. The van der Waals surface area contributed by atoms with E-state index in [9.17, 15) is 18.0 Å². The number of amides is 1. The maximum atomic E-state index is 15.5. The zero-order chi connectivity index (χ0) is 27.0. The maximum absolute atomic E-state index is 15.5. The minimum atomic E-state index is -4.59. The summed E-state index contributed by atoms with van der Waals surface area (Å²) in [5.74, 6) is -0.686. The van der Waals surface area contributed by atoms with Crippen molar-refractivity contribution in [3.63, 3.8) is 0 Å². The number of para-hydroxylation sites is 2. The summed E-state index contributed by atoms with van der Waals surface area (Å²) in [5, 5.41) is 2.71. The van der Waals surface area contributed by atoms with Gasteiger partial charge in [0.25, 0.3) is 5.91 Å². The van der Waals surface area contributed by atoms with Gasteiger partial charge in [0.1, 0.15) is 22.8 Å². The molecule has 0 bridgehead atoms. The highest BCUT2D eigenvalue weighted by Crippen LogP contribution is 2.38. The van der Waals surface area contributed by atoms with E-state index in [-0.39, 0.29) is 33.7 Å². The molecule has 192 valence electrons. The fourth-order valence-electron chi connectivity index (χ4n) is 3.87. The number of imidazole rings is 1. The molecule has 0 aliphatic rings. The van der Waals surface area contributed by atoms with E-state index in [4.69, 9.17) is 11.6 Å². The smallest absolute Gasteiger partial charge is 0.322 e. The largest absolute Gasteiger partial charge is 0.416 e. The zero-order valence-corrected chi connectivity index (χ0v) is 20.3. The molecule has 0 atom stereocenters. The second-order valence-electron chi connectivity index (χ2n) is 8.25. The van der Waals surface area contributed by atoms with E-state index in [0.717, 1.165) is 18.2 Å². The molecule has 0 fully saturated rings. The van der Waals surface area contributed by atoms with Crippen LogP contribution in [0.5, 0.6) is 0 Å². The number of rotatable bonds is 5. The van der Waals surface area contributed by atoms with Crippen LogP contribution < -0.4 is 10.2 Å². The first-order valence-electron chi connectivity index (χ1n) is 11.1. The highest BCUT2D eigenvalue weighted by atomic mass is 35.5. The topological polar surface area (TPSA) is 75.9 Å². The number of hydrogen-bond acceptors (Lipinski definition) is 5. The molecule has 0 saturated carbocycles. The molecule has 0 radical (unpaired) electrons. The maximum Gasteiger partial charge on any atom is 0.416 e. The van der Waals surface area contributed by atoms with Crippen LogP contribution in [0.3, 0.4) is 0 Å². The Balaban J connectivity index is 1.58. The number of benzene rings is 3. The SMILES string of the molecule is Cc1ccc(NC(=O)c2cccc(C(F)(F)F)c2)cc1N(c1cc(Cl)ncn1)c1nc2ccccc2n1F. The lowest BCUT2D eigenvalue weighted by Gasteiger charge is -2.24. The van der Waals surface area contributed by atoms with Gasteiger partial charge in [-0.15, -0.1) is 4.79 Å². The van der Waals surface area contributed by atoms with E-state index < -0.39 is 17.6 Å². The molecule has 12 heteroatoms. The molecule has 1 N–H and O–H groups in total. The van der Waals surface area contributed by atoms with Crippen molar-refractivity contribution >= 4 is 51.7 Å². The number of aryl methyl sites for hydroxylation is 1. The zero-order valence-electron chi connectivity index (χ0n) is 19.5. The standard InChI is InChI=1S/C26H17ClF4N6O/c1-15-9-10-18(34-24(38)16-5-4-6-17(11-16)26(28,29)30)12-21(15)36(23-13-22(27)32-14-33-23)25-35-19-7-2-3-8-20(19)37(25)31/h2-14H,1H3,(H,34,38). The lowest BCUT2D eigenvalue weighted by molar-refractivity contribution is -0.137. The van der Waals surface area contributed by atoms with Crippen LogP contribution >= 0.6 is 11.6 Å². The minimum Gasteiger partial charge on any atom is -0.322 e. The van der Waals surface area contributed by atoms with Crippen LogP contribution in [0.2, 0.25) is 5.15 Å². The third-order valence-electron chi connectivity index (χ3n) is 5.70. The Morgan fingerprint density at radius 3 is 2.53 bits per heavy atom. The third kappa shape index (κ3) is 4.88. The molecule has 38 heavy (non-hydrogen) atoms. The molecule has 5 aromatic rings. The Bertz CT molecular complexity index is 1670.